The van der Waals surface area contributed by atoms with Crippen LogP contribution in [0, 0.1) is 0 Å². The van der Waals surface area contributed by atoms with Crippen LogP contribution in [0.25, 0.3) is 0 Å². The van der Waals surface area contributed by atoms with E-state index < -0.39 is 12.1 Å². The van der Waals surface area contributed by atoms with Crippen molar-refractivity contribution in [1.29, 1.82) is 0 Å². The number of carbonyl (C=O) groups is 1. The van der Waals surface area contributed by atoms with Crippen LogP contribution in [-0.4, -0.2) is 42.0 Å². The Morgan fingerprint density at radius 3 is 2.17 bits per heavy atom. The molecule has 0 bridgehead atoms. The van der Waals surface area contributed by atoms with Crippen molar-refractivity contribution < 1.29 is 29.4 Å². The molecule has 30 heavy (non-hydrogen) atoms. The Kier molecular flexibility index (Phi) is 7.41. The van der Waals surface area contributed by atoms with Crippen LogP contribution in [0.1, 0.15) is 50.0 Å². The second-order valence-corrected chi connectivity index (χ2v) is 6.95. The van der Waals surface area contributed by atoms with Crippen LogP contribution in [0.4, 0.5) is 0 Å². The third-order valence-corrected chi connectivity index (χ3v) is 4.51. The molecule has 2 rings (SSSR count). The average molecular weight is 414 g/mol. The molecular weight excluding hydrogens is 388 g/mol. The highest BCUT2D eigenvalue weighted by Gasteiger charge is 2.32. The lowest BCUT2D eigenvalue weighted by Crippen LogP contribution is -2.20. The fourth-order valence-electron chi connectivity index (χ4n) is 3.08. The van der Waals surface area contributed by atoms with Crippen LogP contribution in [0.5, 0.6) is 11.5 Å². The van der Waals surface area contributed by atoms with Gasteiger partial charge in [-0.05, 0) is 39.0 Å². The SMILES string of the molecule is C=C(C)C(=O)OC(CC=C(C)C)c1cc(OC)c2c(c1OC)C(=NO)C=CC2=NO. The summed E-state index contributed by atoms with van der Waals surface area (Å²) in [6, 6.07) is 1.66. The summed E-state index contributed by atoms with van der Waals surface area (Å²) < 4.78 is 16.8. The van der Waals surface area contributed by atoms with Gasteiger partial charge in [-0.25, -0.2) is 4.79 Å². The molecule has 0 aliphatic heterocycles. The summed E-state index contributed by atoms with van der Waals surface area (Å²) in [5.41, 5.74) is 2.96. The summed E-state index contributed by atoms with van der Waals surface area (Å²) in [5.74, 6) is 0.105. The van der Waals surface area contributed by atoms with Crippen molar-refractivity contribution in [2.24, 2.45) is 10.3 Å². The van der Waals surface area contributed by atoms with Crippen molar-refractivity contribution in [2.45, 2.75) is 33.3 Å². The van der Waals surface area contributed by atoms with Gasteiger partial charge in [0, 0.05) is 17.6 Å². The average Bonchev–Trinajstić information content (AvgIpc) is 2.73. The summed E-state index contributed by atoms with van der Waals surface area (Å²) in [7, 11) is 2.91. The highest BCUT2D eigenvalue weighted by atomic mass is 16.5. The van der Waals surface area contributed by atoms with Gasteiger partial charge in [0.1, 0.15) is 29.0 Å². The number of nitrogens with zero attached hydrogens (tertiary/aromatic N) is 2. The van der Waals surface area contributed by atoms with E-state index in [1.807, 2.05) is 19.9 Å². The van der Waals surface area contributed by atoms with Crippen molar-refractivity contribution in [1.82, 2.24) is 0 Å². The highest BCUT2D eigenvalue weighted by Crippen LogP contribution is 2.42. The predicted molar refractivity (Wildman–Crippen MR) is 113 cm³/mol. The molecule has 0 spiro atoms. The quantitative estimate of drug-likeness (QED) is 0.228. The molecule has 1 atom stereocenters. The smallest absolute Gasteiger partial charge is 0.333 e. The molecule has 0 heterocycles. The largest absolute Gasteiger partial charge is 0.496 e. The number of rotatable bonds is 7. The minimum atomic E-state index is -0.724. The number of carbonyl (C=O) groups excluding carboxylic acids is 1. The van der Waals surface area contributed by atoms with E-state index >= 15 is 0 Å². The minimum Gasteiger partial charge on any atom is -0.496 e. The Morgan fingerprint density at radius 2 is 1.70 bits per heavy atom. The van der Waals surface area contributed by atoms with E-state index in [-0.39, 0.29) is 17.0 Å². The second kappa shape index (κ2) is 9.78. The number of hydrogen-bond acceptors (Lipinski definition) is 8. The van der Waals surface area contributed by atoms with Gasteiger partial charge in [0.05, 0.1) is 25.3 Å². The lowest BCUT2D eigenvalue weighted by Gasteiger charge is -2.26. The number of allylic oxidation sites excluding steroid dienone is 3. The number of esters is 1. The van der Waals surface area contributed by atoms with Crippen molar-refractivity contribution in [3.63, 3.8) is 0 Å². The number of oxime groups is 2. The van der Waals surface area contributed by atoms with Crippen molar-refractivity contribution >= 4 is 17.4 Å². The van der Waals surface area contributed by atoms with Gasteiger partial charge in [0.2, 0.25) is 0 Å². The zero-order chi connectivity index (χ0) is 22.4. The molecule has 2 N–H and O–H groups in total. The monoisotopic (exact) mass is 414 g/mol. The van der Waals surface area contributed by atoms with Gasteiger partial charge in [0.15, 0.2) is 0 Å². The summed E-state index contributed by atoms with van der Waals surface area (Å²) in [4.78, 5) is 12.3. The lowest BCUT2D eigenvalue weighted by atomic mass is 9.88. The summed E-state index contributed by atoms with van der Waals surface area (Å²) in [6.07, 6.45) is 4.55. The zero-order valence-corrected chi connectivity index (χ0v) is 17.7. The number of fused-ring (bicyclic) bond motifs is 1. The Labute approximate surface area is 175 Å². The van der Waals surface area contributed by atoms with Crippen molar-refractivity contribution in [2.75, 3.05) is 14.2 Å². The van der Waals surface area contributed by atoms with E-state index in [9.17, 15) is 15.2 Å². The lowest BCUT2D eigenvalue weighted by molar-refractivity contribution is -0.144. The molecule has 0 saturated carbocycles. The van der Waals surface area contributed by atoms with Gasteiger partial charge in [-0.15, -0.1) is 0 Å². The Hall–Kier alpha value is -3.55. The Balaban J connectivity index is 2.81. The van der Waals surface area contributed by atoms with Gasteiger partial charge in [-0.3, -0.25) is 0 Å². The van der Waals surface area contributed by atoms with Crippen LogP contribution in [0.2, 0.25) is 0 Å². The maximum absolute atomic E-state index is 12.3. The number of hydrogen-bond donors (Lipinski definition) is 2. The maximum Gasteiger partial charge on any atom is 0.333 e. The fraction of sp³-hybridized carbons (Fsp3) is 0.318. The first-order valence-electron chi connectivity index (χ1n) is 9.20. The second-order valence-electron chi connectivity index (χ2n) is 6.95. The molecule has 1 aromatic rings. The molecular formula is C22H26N2O6. The summed E-state index contributed by atoms with van der Waals surface area (Å²) in [5, 5.41) is 25.6. The molecule has 1 aromatic carbocycles. The number of benzene rings is 1. The zero-order valence-electron chi connectivity index (χ0n) is 17.7. The molecule has 0 saturated heterocycles. The fourth-order valence-corrected chi connectivity index (χ4v) is 3.08. The number of ether oxygens (including phenoxy) is 3. The van der Waals surface area contributed by atoms with E-state index in [0.29, 0.717) is 34.6 Å². The van der Waals surface area contributed by atoms with Crippen molar-refractivity contribution in [3.8, 4) is 11.5 Å². The third-order valence-electron chi connectivity index (χ3n) is 4.51. The van der Waals surface area contributed by atoms with Gasteiger partial charge in [-0.1, -0.05) is 28.5 Å². The Bertz CT molecular complexity index is 968. The third kappa shape index (κ3) is 4.53. The first-order valence-corrected chi connectivity index (χ1v) is 9.20. The van der Waals surface area contributed by atoms with Gasteiger partial charge < -0.3 is 24.6 Å². The summed E-state index contributed by atoms with van der Waals surface area (Å²) in [6.45, 7) is 9.08. The molecule has 8 nitrogen and oxygen atoms in total. The standard InChI is InChI=1S/C22H26N2O6/c1-12(2)7-10-17(30-22(25)13(3)4)14-11-18(28-5)19-15(23-26)8-9-16(24-27)20(19)21(14)29-6/h7-9,11,17,26-27H,3,10H2,1-2,4-6H3. The first-order chi connectivity index (χ1) is 14.3. The van der Waals surface area contributed by atoms with Crippen LogP contribution in [0.3, 0.4) is 0 Å². The molecule has 160 valence electrons. The van der Waals surface area contributed by atoms with Crippen LogP contribution < -0.4 is 9.47 Å². The van der Waals surface area contributed by atoms with E-state index in [4.69, 9.17) is 14.2 Å². The normalized spacial score (nSPS) is 16.0. The Morgan fingerprint density at radius 1 is 1.10 bits per heavy atom. The first kappa shape index (κ1) is 22.7. The predicted octanol–water partition coefficient (Wildman–Crippen LogP) is 4.15. The van der Waals surface area contributed by atoms with Crippen LogP contribution in [0.15, 0.2) is 52.3 Å². The van der Waals surface area contributed by atoms with Gasteiger partial charge in [0.25, 0.3) is 0 Å². The summed E-state index contributed by atoms with van der Waals surface area (Å²) >= 11 is 0. The van der Waals surface area contributed by atoms with Crippen LogP contribution in [-0.2, 0) is 9.53 Å². The molecule has 0 radical (unpaired) electrons. The molecule has 1 aliphatic carbocycles. The molecule has 0 amide bonds. The molecule has 1 unspecified atom stereocenters. The van der Waals surface area contributed by atoms with E-state index in [1.54, 1.807) is 13.0 Å². The highest BCUT2D eigenvalue weighted by molar-refractivity contribution is 6.27. The van der Waals surface area contributed by atoms with E-state index in [2.05, 4.69) is 16.9 Å². The van der Waals surface area contributed by atoms with E-state index in [0.717, 1.165) is 5.57 Å². The maximum atomic E-state index is 12.3. The van der Waals surface area contributed by atoms with Gasteiger partial charge >= 0.3 is 5.97 Å². The molecule has 8 heteroatoms. The topological polar surface area (TPSA) is 110 Å². The van der Waals surface area contributed by atoms with E-state index in [1.165, 1.54) is 26.4 Å². The molecule has 1 aliphatic rings. The number of methoxy groups -OCH3 is 2. The van der Waals surface area contributed by atoms with Crippen molar-refractivity contribution in [3.05, 3.63) is 58.7 Å². The van der Waals surface area contributed by atoms with Crippen LogP contribution >= 0.6 is 0 Å². The van der Waals surface area contributed by atoms with Gasteiger partial charge in [-0.2, -0.15) is 0 Å². The molecule has 0 aromatic heterocycles. The minimum absolute atomic E-state index is 0.182. The molecule has 0 fully saturated rings.